The van der Waals surface area contributed by atoms with Gasteiger partial charge in [-0.2, -0.15) is 0 Å². The zero-order chi connectivity index (χ0) is 12.2. The van der Waals surface area contributed by atoms with Crippen LogP contribution in [0, 0.1) is 17.7 Å². The van der Waals surface area contributed by atoms with Crippen molar-refractivity contribution in [2.75, 3.05) is 6.54 Å². The van der Waals surface area contributed by atoms with E-state index in [2.05, 4.69) is 16.6 Å². The molecule has 0 saturated carbocycles. The molecule has 2 N–H and O–H groups in total. The highest BCUT2D eigenvalue weighted by Crippen LogP contribution is 2.24. The van der Waals surface area contributed by atoms with Crippen molar-refractivity contribution in [2.24, 2.45) is 5.73 Å². The van der Waals surface area contributed by atoms with Crippen LogP contribution in [0.3, 0.4) is 0 Å². The monoisotopic (exact) mass is 233 g/mol. The molecular weight excluding hydrogens is 226 g/mol. The molecular formula is C10H7F4NO. The van der Waals surface area contributed by atoms with Gasteiger partial charge in [-0.3, -0.25) is 0 Å². The first-order chi connectivity index (χ1) is 7.42. The van der Waals surface area contributed by atoms with Crippen LogP contribution in [-0.2, 0) is 0 Å². The third kappa shape index (κ3) is 3.79. The van der Waals surface area contributed by atoms with E-state index in [4.69, 9.17) is 5.73 Å². The third-order valence-corrected chi connectivity index (χ3v) is 1.50. The smallest absolute Gasteiger partial charge is 0.406 e. The van der Waals surface area contributed by atoms with Gasteiger partial charge in [0.15, 0.2) is 0 Å². The first kappa shape index (κ1) is 12.3. The second-order valence-corrected chi connectivity index (χ2v) is 2.70. The average Bonchev–Trinajstić information content (AvgIpc) is 2.14. The maximum absolute atomic E-state index is 13.2. The van der Waals surface area contributed by atoms with Crippen molar-refractivity contribution in [3.63, 3.8) is 0 Å². The van der Waals surface area contributed by atoms with Gasteiger partial charge in [-0.25, -0.2) is 4.39 Å². The Kier molecular flexibility index (Phi) is 3.74. The van der Waals surface area contributed by atoms with Crippen LogP contribution in [0.2, 0.25) is 0 Å². The lowest BCUT2D eigenvalue weighted by Gasteiger charge is -2.08. The Bertz CT molecular complexity index is 431. The van der Waals surface area contributed by atoms with E-state index in [-0.39, 0.29) is 12.1 Å². The minimum absolute atomic E-state index is 0.0278. The minimum Gasteiger partial charge on any atom is -0.406 e. The van der Waals surface area contributed by atoms with E-state index in [1.54, 1.807) is 0 Å². The summed E-state index contributed by atoms with van der Waals surface area (Å²) in [6.45, 7) is 0.0419. The van der Waals surface area contributed by atoms with Crippen LogP contribution in [0.25, 0.3) is 0 Å². The first-order valence-electron chi connectivity index (χ1n) is 4.16. The summed E-state index contributed by atoms with van der Waals surface area (Å²) < 4.78 is 52.0. The molecule has 0 heterocycles. The van der Waals surface area contributed by atoms with Gasteiger partial charge in [-0.15, -0.1) is 13.2 Å². The minimum atomic E-state index is -4.84. The number of nitrogens with two attached hydrogens (primary N) is 1. The molecule has 0 saturated heterocycles. The molecule has 0 radical (unpaired) electrons. The summed E-state index contributed by atoms with van der Waals surface area (Å²) in [7, 11) is 0. The van der Waals surface area contributed by atoms with Gasteiger partial charge in [-0.1, -0.05) is 11.8 Å². The summed E-state index contributed by atoms with van der Waals surface area (Å²) in [4.78, 5) is 0. The Hall–Kier alpha value is -1.74. The van der Waals surface area contributed by atoms with Crippen LogP contribution >= 0.6 is 0 Å². The van der Waals surface area contributed by atoms with Gasteiger partial charge < -0.3 is 10.5 Å². The summed E-state index contributed by atoms with van der Waals surface area (Å²) in [5, 5.41) is 0. The third-order valence-electron chi connectivity index (χ3n) is 1.50. The Morgan fingerprint density at radius 2 is 2.00 bits per heavy atom. The van der Waals surface area contributed by atoms with Gasteiger partial charge in [0.1, 0.15) is 11.6 Å². The van der Waals surface area contributed by atoms with Crippen LogP contribution in [0.15, 0.2) is 18.2 Å². The maximum atomic E-state index is 13.2. The molecule has 16 heavy (non-hydrogen) atoms. The number of ether oxygens (including phenoxy) is 1. The second-order valence-electron chi connectivity index (χ2n) is 2.70. The van der Waals surface area contributed by atoms with Crippen LogP contribution in [0.4, 0.5) is 17.6 Å². The fourth-order valence-electron chi connectivity index (χ4n) is 0.941. The van der Waals surface area contributed by atoms with Gasteiger partial charge in [0.2, 0.25) is 0 Å². The predicted octanol–water partition coefficient (Wildman–Crippen LogP) is 2.03. The second kappa shape index (κ2) is 4.86. The lowest BCUT2D eigenvalue weighted by molar-refractivity contribution is -0.274. The fraction of sp³-hybridized carbons (Fsp3) is 0.200. The number of rotatable bonds is 1. The summed E-state index contributed by atoms with van der Waals surface area (Å²) >= 11 is 0. The SMILES string of the molecule is NCC#Cc1ccc(OC(F)(F)F)cc1F. The van der Waals surface area contributed by atoms with E-state index >= 15 is 0 Å². The number of benzene rings is 1. The highest BCUT2D eigenvalue weighted by Gasteiger charge is 2.31. The summed E-state index contributed by atoms with van der Waals surface area (Å²) in [5.74, 6) is 3.26. The number of halogens is 4. The molecule has 0 amide bonds. The predicted molar refractivity (Wildman–Crippen MR) is 49.0 cm³/mol. The van der Waals surface area contributed by atoms with Gasteiger partial charge in [-0.05, 0) is 12.1 Å². The van der Waals surface area contributed by atoms with Crippen molar-refractivity contribution >= 4 is 0 Å². The Balaban J connectivity index is 2.91. The number of hydrogen-bond acceptors (Lipinski definition) is 2. The standard InChI is InChI=1S/C10H7F4NO/c11-9-6-8(16-10(12,13)14)4-3-7(9)2-1-5-15/h3-4,6H,5,15H2. The molecule has 0 aromatic heterocycles. The Morgan fingerprint density at radius 3 is 2.50 bits per heavy atom. The van der Waals surface area contributed by atoms with E-state index in [0.29, 0.717) is 6.07 Å². The molecule has 6 heteroatoms. The average molecular weight is 233 g/mol. The topological polar surface area (TPSA) is 35.2 Å². The number of hydrogen-bond donors (Lipinski definition) is 1. The van der Waals surface area contributed by atoms with Gasteiger partial charge in [0.25, 0.3) is 0 Å². The van der Waals surface area contributed by atoms with E-state index in [1.807, 2.05) is 0 Å². The van der Waals surface area contributed by atoms with E-state index < -0.39 is 17.9 Å². The largest absolute Gasteiger partial charge is 0.573 e. The maximum Gasteiger partial charge on any atom is 0.573 e. The molecule has 0 aliphatic carbocycles. The fourth-order valence-corrected chi connectivity index (χ4v) is 0.941. The normalized spacial score (nSPS) is 10.6. The zero-order valence-corrected chi connectivity index (χ0v) is 7.94. The van der Waals surface area contributed by atoms with Gasteiger partial charge in [0.05, 0.1) is 12.1 Å². The van der Waals surface area contributed by atoms with Crippen molar-refractivity contribution < 1.29 is 22.3 Å². The quantitative estimate of drug-likeness (QED) is 0.595. The van der Waals surface area contributed by atoms with E-state index in [9.17, 15) is 17.6 Å². The molecule has 2 nitrogen and oxygen atoms in total. The summed E-state index contributed by atoms with van der Waals surface area (Å²) in [5.41, 5.74) is 5.04. The molecule has 86 valence electrons. The van der Waals surface area contributed by atoms with Crippen molar-refractivity contribution in [2.45, 2.75) is 6.36 Å². The summed E-state index contributed by atoms with van der Waals surface area (Å²) in [6.07, 6.45) is -4.84. The molecule has 0 atom stereocenters. The van der Waals surface area contributed by atoms with E-state index in [0.717, 1.165) is 12.1 Å². The van der Waals surface area contributed by atoms with Crippen LogP contribution in [0.5, 0.6) is 5.75 Å². The summed E-state index contributed by atoms with van der Waals surface area (Å²) in [6, 6.07) is 2.70. The molecule has 1 rings (SSSR count). The highest BCUT2D eigenvalue weighted by molar-refractivity contribution is 5.39. The molecule has 0 unspecified atom stereocenters. The van der Waals surface area contributed by atoms with Crippen LogP contribution in [0.1, 0.15) is 5.56 Å². The Morgan fingerprint density at radius 1 is 1.31 bits per heavy atom. The van der Waals surface area contributed by atoms with Crippen molar-refractivity contribution in [1.29, 1.82) is 0 Å². The molecule has 1 aromatic rings. The molecule has 0 aliphatic rings. The lowest BCUT2D eigenvalue weighted by atomic mass is 10.2. The van der Waals surface area contributed by atoms with Crippen molar-refractivity contribution in [3.05, 3.63) is 29.6 Å². The van der Waals surface area contributed by atoms with Crippen molar-refractivity contribution in [3.8, 4) is 17.6 Å². The molecule has 1 aromatic carbocycles. The molecule has 0 fully saturated rings. The zero-order valence-electron chi connectivity index (χ0n) is 7.94. The number of alkyl halides is 3. The molecule has 0 aliphatic heterocycles. The van der Waals surface area contributed by atoms with Crippen LogP contribution in [-0.4, -0.2) is 12.9 Å². The van der Waals surface area contributed by atoms with E-state index in [1.165, 1.54) is 0 Å². The molecule has 0 bridgehead atoms. The van der Waals surface area contributed by atoms with Crippen LogP contribution < -0.4 is 10.5 Å². The Labute approximate surface area is 89.0 Å². The first-order valence-corrected chi connectivity index (χ1v) is 4.16. The van der Waals surface area contributed by atoms with Gasteiger partial charge in [0, 0.05) is 6.07 Å². The lowest BCUT2D eigenvalue weighted by Crippen LogP contribution is -2.17. The van der Waals surface area contributed by atoms with Gasteiger partial charge >= 0.3 is 6.36 Å². The molecule has 0 spiro atoms. The highest BCUT2D eigenvalue weighted by atomic mass is 19.4. The van der Waals surface area contributed by atoms with Crippen molar-refractivity contribution in [1.82, 2.24) is 0 Å².